The number of hydrogen-bond acceptors (Lipinski definition) is 3. The van der Waals surface area contributed by atoms with Crippen molar-refractivity contribution in [3.63, 3.8) is 0 Å². The number of nitrogens with zero attached hydrogens (tertiary/aromatic N) is 1. The average Bonchev–Trinajstić information content (AvgIpc) is 2.44. The van der Waals surface area contributed by atoms with E-state index in [9.17, 15) is 0 Å². The molecule has 0 heterocycles. The van der Waals surface area contributed by atoms with Crippen molar-refractivity contribution in [3.8, 4) is 0 Å². The van der Waals surface area contributed by atoms with Crippen LogP contribution in [0.5, 0.6) is 0 Å². The fourth-order valence-corrected chi connectivity index (χ4v) is 2.76. The van der Waals surface area contributed by atoms with E-state index in [1.54, 1.807) is 0 Å². The highest BCUT2D eigenvalue weighted by Crippen LogP contribution is 2.28. The molecule has 1 aliphatic rings. The molecule has 1 aliphatic carbocycles. The Kier molecular flexibility index (Phi) is 5.86. The van der Waals surface area contributed by atoms with Gasteiger partial charge >= 0.3 is 0 Å². The van der Waals surface area contributed by atoms with Crippen LogP contribution < -0.4 is 5.32 Å². The molecule has 1 fully saturated rings. The van der Waals surface area contributed by atoms with E-state index >= 15 is 0 Å². The van der Waals surface area contributed by atoms with E-state index in [1.165, 1.54) is 11.3 Å². The lowest BCUT2D eigenvalue weighted by atomic mass is 9.88. The molecule has 0 aromatic heterocycles. The molecule has 2 rings (SSSR count). The average molecular weight is 276 g/mol. The number of nitrogens with one attached hydrogen (secondary N) is 1. The quantitative estimate of drug-likeness (QED) is 0.786. The molecular formula is C17H28N2O. The maximum absolute atomic E-state index is 5.63. The molecule has 1 aromatic carbocycles. The molecule has 1 aromatic rings. The van der Waals surface area contributed by atoms with Gasteiger partial charge in [0.05, 0.1) is 6.10 Å². The van der Waals surface area contributed by atoms with Crippen LogP contribution in [0.4, 0.5) is 5.69 Å². The largest absolute Gasteiger partial charge is 0.382 e. The van der Waals surface area contributed by atoms with Crippen LogP contribution in [0.2, 0.25) is 0 Å². The number of hydrogen-bond donors (Lipinski definition) is 1. The van der Waals surface area contributed by atoms with E-state index in [-0.39, 0.29) is 0 Å². The minimum Gasteiger partial charge on any atom is -0.382 e. The molecule has 0 amide bonds. The van der Waals surface area contributed by atoms with E-state index in [1.807, 2.05) is 0 Å². The van der Waals surface area contributed by atoms with E-state index in [0.29, 0.717) is 12.1 Å². The molecule has 0 bridgehead atoms. The van der Waals surface area contributed by atoms with Crippen molar-refractivity contribution in [3.05, 3.63) is 29.8 Å². The molecule has 0 radical (unpaired) electrons. The predicted molar refractivity (Wildman–Crippen MR) is 85.1 cm³/mol. The topological polar surface area (TPSA) is 24.5 Å². The zero-order valence-electron chi connectivity index (χ0n) is 13.1. The summed E-state index contributed by atoms with van der Waals surface area (Å²) < 4.78 is 5.63. The van der Waals surface area contributed by atoms with E-state index < -0.39 is 0 Å². The standard InChI is InChI=1S/C17H28N2O/c1-4-19(5-2)13-14-9-7-8-10-17(14)18-15-11-16(12-15)20-6-3/h7-10,15-16,18H,4-6,11-13H2,1-3H3. The van der Waals surface area contributed by atoms with Gasteiger partial charge in [-0.15, -0.1) is 0 Å². The number of para-hydroxylation sites is 1. The molecule has 0 atom stereocenters. The van der Waals surface area contributed by atoms with Gasteiger partial charge < -0.3 is 10.1 Å². The van der Waals surface area contributed by atoms with Crippen LogP contribution in [-0.2, 0) is 11.3 Å². The summed E-state index contributed by atoms with van der Waals surface area (Å²) in [4.78, 5) is 2.45. The van der Waals surface area contributed by atoms with Crippen LogP contribution in [-0.4, -0.2) is 36.7 Å². The predicted octanol–water partition coefficient (Wildman–Crippen LogP) is 3.51. The Hall–Kier alpha value is -1.06. The third-order valence-electron chi connectivity index (χ3n) is 4.16. The lowest BCUT2D eigenvalue weighted by Gasteiger charge is -2.36. The Morgan fingerprint density at radius 2 is 1.85 bits per heavy atom. The van der Waals surface area contributed by atoms with Gasteiger partial charge in [-0.05, 0) is 44.5 Å². The van der Waals surface area contributed by atoms with Crippen LogP contribution in [0, 0.1) is 0 Å². The summed E-state index contributed by atoms with van der Waals surface area (Å²) in [5.41, 5.74) is 2.69. The Morgan fingerprint density at radius 3 is 2.50 bits per heavy atom. The van der Waals surface area contributed by atoms with Crippen molar-refractivity contribution in [1.82, 2.24) is 4.90 Å². The molecule has 1 saturated carbocycles. The van der Waals surface area contributed by atoms with Crippen LogP contribution in [0.3, 0.4) is 0 Å². The fourth-order valence-electron chi connectivity index (χ4n) is 2.76. The van der Waals surface area contributed by atoms with Gasteiger partial charge in [-0.25, -0.2) is 0 Å². The first-order valence-corrected chi connectivity index (χ1v) is 7.95. The first-order chi connectivity index (χ1) is 9.76. The number of anilines is 1. The van der Waals surface area contributed by atoms with Crippen LogP contribution in [0.1, 0.15) is 39.2 Å². The highest BCUT2D eigenvalue weighted by atomic mass is 16.5. The highest BCUT2D eigenvalue weighted by molar-refractivity contribution is 5.52. The van der Waals surface area contributed by atoms with Crippen LogP contribution >= 0.6 is 0 Å². The van der Waals surface area contributed by atoms with Gasteiger partial charge in [0.15, 0.2) is 0 Å². The molecule has 0 aliphatic heterocycles. The van der Waals surface area contributed by atoms with Gasteiger partial charge in [0, 0.05) is 24.9 Å². The number of rotatable bonds is 8. The van der Waals surface area contributed by atoms with Crippen molar-refractivity contribution in [2.75, 3.05) is 25.0 Å². The normalized spacial score (nSPS) is 21.8. The Labute approximate surface area is 123 Å². The minimum absolute atomic E-state index is 0.465. The number of ether oxygens (including phenoxy) is 1. The summed E-state index contributed by atoms with van der Waals surface area (Å²) in [6.07, 6.45) is 2.73. The fraction of sp³-hybridized carbons (Fsp3) is 0.647. The first kappa shape index (κ1) is 15.3. The second-order valence-electron chi connectivity index (χ2n) is 5.51. The Bertz CT molecular complexity index is 398. The van der Waals surface area contributed by atoms with Crippen molar-refractivity contribution < 1.29 is 4.74 Å². The molecule has 0 unspecified atom stereocenters. The second-order valence-corrected chi connectivity index (χ2v) is 5.51. The molecule has 20 heavy (non-hydrogen) atoms. The van der Waals surface area contributed by atoms with Gasteiger partial charge in [-0.1, -0.05) is 32.0 Å². The van der Waals surface area contributed by atoms with Gasteiger partial charge in [-0.3, -0.25) is 4.90 Å². The molecule has 3 heteroatoms. The van der Waals surface area contributed by atoms with Crippen molar-refractivity contribution in [2.24, 2.45) is 0 Å². The summed E-state index contributed by atoms with van der Waals surface area (Å²) in [5.74, 6) is 0. The van der Waals surface area contributed by atoms with Crippen LogP contribution in [0.25, 0.3) is 0 Å². The molecule has 0 saturated heterocycles. The van der Waals surface area contributed by atoms with Crippen molar-refractivity contribution in [1.29, 1.82) is 0 Å². The Morgan fingerprint density at radius 1 is 1.15 bits per heavy atom. The third-order valence-corrected chi connectivity index (χ3v) is 4.16. The highest BCUT2D eigenvalue weighted by Gasteiger charge is 2.29. The molecular weight excluding hydrogens is 248 g/mol. The molecule has 112 valence electrons. The van der Waals surface area contributed by atoms with Gasteiger partial charge in [0.25, 0.3) is 0 Å². The monoisotopic (exact) mass is 276 g/mol. The summed E-state index contributed by atoms with van der Waals surface area (Å²) in [5, 5.41) is 3.68. The molecule has 1 N–H and O–H groups in total. The zero-order valence-corrected chi connectivity index (χ0v) is 13.1. The lowest BCUT2D eigenvalue weighted by molar-refractivity contribution is 0.00297. The smallest absolute Gasteiger partial charge is 0.0614 e. The van der Waals surface area contributed by atoms with E-state index in [0.717, 1.165) is 39.1 Å². The SMILES string of the molecule is CCOC1CC(Nc2ccccc2CN(CC)CC)C1. The third kappa shape index (κ3) is 3.97. The summed E-state index contributed by atoms with van der Waals surface area (Å²) in [6, 6.07) is 9.26. The summed E-state index contributed by atoms with van der Waals surface area (Å²) in [7, 11) is 0. The van der Waals surface area contributed by atoms with Gasteiger partial charge in [0.2, 0.25) is 0 Å². The second kappa shape index (κ2) is 7.65. The first-order valence-electron chi connectivity index (χ1n) is 7.95. The number of benzene rings is 1. The maximum atomic E-state index is 5.63. The van der Waals surface area contributed by atoms with E-state index in [2.05, 4.69) is 55.3 Å². The molecule has 0 spiro atoms. The van der Waals surface area contributed by atoms with Crippen LogP contribution in [0.15, 0.2) is 24.3 Å². The zero-order chi connectivity index (χ0) is 14.4. The summed E-state index contributed by atoms with van der Waals surface area (Å²) >= 11 is 0. The maximum Gasteiger partial charge on any atom is 0.0614 e. The van der Waals surface area contributed by atoms with Crippen molar-refractivity contribution in [2.45, 2.75) is 52.3 Å². The lowest BCUT2D eigenvalue weighted by Crippen LogP contribution is -2.41. The van der Waals surface area contributed by atoms with Gasteiger partial charge in [0.1, 0.15) is 0 Å². The van der Waals surface area contributed by atoms with Crippen molar-refractivity contribution >= 4 is 5.69 Å². The minimum atomic E-state index is 0.465. The van der Waals surface area contributed by atoms with Gasteiger partial charge in [-0.2, -0.15) is 0 Å². The summed E-state index contributed by atoms with van der Waals surface area (Å²) in [6.45, 7) is 10.6. The Balaban J connectivity index is 1.91. The molecule has 3 nitrogen and oxygen atoms in total. The van der Waals surface area contributed by atoms with E-state index in [4.69, 9.17) is 4.74 Å².